The number of fused-ring (bicyclic) bond motifs is 1. The molecule has 1 N–H and O–H groups in total. The van der Waals surface area contributed by atoms with Crippen molar-refractivity contribution in [2.75, 3.05) is 0 Å². The Bertz CT molecular complexity index is 901. The summed E-state index contributed by atoms with van der Waals surface area (Å²) in [5.41, 5.74) is 4.21. The third kappa shape index (κ3) is 2.96. The van der Waals surface area contributed by atoms with Crippen LogP contribution in [0.3, 0.4) is 0 Å². The summed E-state index contributed by atoms with van der Waals surface area (Å²) in [7, 11) is 0. The Balaban J connectivity index is 1.66. The van der Waals surface area contributed by atoms with E-state index in [2.05, 4.69) is 32.1 Å². The lowest BCUT2D eigenvalue weighted by Crippen LogP contribution is -1.89. The molecule has 0 aliphatic carbocycles. The number of imidazole rings is 1. The van der Waals surface area contributed by atoms with Gasteiger partial charge in [0.05, 0.1) is 11.0 Å². The molecule has 0 aliphatic heterocycles. The van der Waals surface area contributed by atoms with E-state index in [1.165, 1.54) is 5.56 Å². The number of para-hydroxylation sites is 2. The lowest BCUT2D eigenvalue weighted by atomic mass is 10.3. The normalized spacial score (nSPS) is 11.0. The average molecular weight is 318 g/mol. The molecule has 4 rings (SSSR count). The second-order valence-electron chi connectivity index (χ2n) is 5.11. The molecule has 23 heavy (non-hydrogen) atoms. The molecule has 3 aromatic heterocycles. The van der Waals surface area contributed by atoms with Gasteiger partial charge in [0, 0.05) is 29.9 Å². The number of nitrogens with zero attached hydrogens (tertiary/aromatic N) is 3. The van der Waals surface area contributed by atoms with Crippen molar-refractivity contribution in [2.24, 2.45) is 0 Å². The van der Waals surface area contributed by atoms with Gasteiger partial charge in [0.15, 0.2) is 0 Å². The predicted molar refractivity (Wildman–Crippen MR) is 93.1 cm³/mol. The Morgan fingerprint density at radius 2 is 1.87 bits per heavy atom. The fourth-order valence-electron chi connectivity index (χ4n) is 2.40. The highest BCUT2D eigenvalue weighted by Gasteiger charge is 2.11. The predicted octanol–water partition coefficient (Wildman–Crippen LogP) is 4.31. The van der Waals surface area contributed by atoms with Crippen LogP contribution in [0.15, 0.2) is 72.1 Å². The van der Waals surface area contributed by atoms with Crippen molar-refractivity contribution in [2.45, 2.75) is 10.8 Å². The fourth-order valence-corrected chi connectivity index (χ4v) is 3.33. The highest BCUT2D eigenvalue weighted by Crippen LogP contribution is 2.30. The molecular weight excluding hydrogens is 304 g/mol. The number of benzene rings is 1. The number of hydrogen-bond acceptors (Lipinski definition) is 4. The van der Waals surface area contributed by atoms with Gasteiger partial charge in [-0.05, 0) is 35.9 Å². The minimum absolute atomic E-state index is 0.831. The van der Waals surface area contributed by atoms with Crippen molar-refractivity contribution in [3.63, 3.8) is 0 Å². The summed E-state index contributed by atoms with van der Waals surface area (Å²) in [6.07, 6.45) is 5.49. The second-order valence-corrected chi connectivity index (χ2v) is 6.07. The van der Waals surface area contributed by atoms with Gasteiger partial charge >= 0.3 is 0 Å². The average Bonchev–Trinajstić information content (AvgIpc) is 3.05. The van der Waals surface area contributed by atoms with Crippen molar-refractivity contribution in [1.82, 2.24) is 19.9 Å². The SMILES string of the molecule is c1cncc(CSc2ncccc2-c2nc3ccccc3[nH]2)c1. The molecule has 0 saturated heterocycles. The monoisotopic (exact) mass is 318 g/mol. The second kappa shape index (κ2) is 6.22. The van der Waals surface area contributed by atoms with Gasteiger partial charge in [0.1, 0.15) is 10.9 Å². The van der Waals surface area contributed by atoms with Gasteiger partial charge in [-0.2, -0.15) is 0 Å². The summed E-state index contributed by atoms with van der Waals surface area (Å²) in [4.78, 5) is 16.7. The highest BCUT2D eigenvalue weighted by molar-refractivity contribution is 7.98. The van der Waals surface area contributed by atoms with Crippen molar-refractivity contribution in [3.8, 4) is 11.4 Å². The van der Waals surface area contributed by atoms with Crippen molar-refractivity contribution in [3.05, 3.63) is 72.7 Å². The van der Waals surface area contributed by atoms with Crippen molar-refractivity contribution < 1.29 is 0 Å². The molecule has 0 spiro atoms. The van der Waals surface area contributed by atoms with Gasteiger partial charge in [-0.15, -0.1) is 11.8 Å². The summed E-state index contributed by atoms with van der Waals surface area (Å²) in [5, 5.41) is 0.968. The summed E-state index contributed by atoms with van der Waals surface area (Å²) in [6.45, 7) is 0. The first-order valence-corrected chi connectivity index (χ1v) is 8.30. The van der Waals surface area contributed by atoms with E-state index in [1.54, 1.807) is 18.0 Å². The first kappa shape index (κ1) is 14.0. The number of thioether (sulfide) groups is 1. The smallest absolute Gasteiger partial charge is 0.141 e. The van der Waals surface area contributed by atoms with Crippen LogP contribution in [0, 0.1) is 0 Å². The van der Waals surface area contributed by atoms with Gasteiger partial charge in [0.2, 0.25) is 0 Å². The Labute approximate surface area is 138 Å². The first-order valence-electron chi connectivity index (χ1n) is 7.32. The van der Waals surface area contributed by atoms with Crippen LogP contribution in [0.2, 0.25) is 0 Å². The zero-order chi connectivity index (χ0) is 15.5. The molecule has 0 amide bonds. The van der Waals surface area contributed by atoms with Gasteiger partial charge in [-0.1, -0.05) is 18.2 Å². The molecule has 0 fully saturated rings. The Hall–Kier alpha value is -2.66. The van der Waals surface area contributed by atoms with Crippen LogP contribution in [-0.4, -0.2) is 19.9 Å². The minimum atomic E-state index is 0.831. The zero-order valence-electron chi connectivity index (χ0n) is 12.3. The number of nitrogens with one attached hydrogen (secondary N) is 1. The van der Waals surface area contributed by atoms with Gasteiger partial charge in [0.25, 0.3) is 0 Å². The maximum atomic E-state index is 4.68. The lowest BCUT2D eigenvalue weighted by Gasteiger charge is -2.05. The molecule has 0 bridgehead atoms. The van der Waals surface area contributed by atoms with E-state index in [4.69, 9.17) is 0 Å². The molecule has 5 heteroatoms. The minimum Gasteiger partial charge on any atom is -0.338 e. The van der Waals surface area contributed by atoms with E-state index in [0.29, 0.717) is 0 Å². The van der Waals surface area contributed by atoms with Crippen LogP contribution in [-0.2, 0) is 5.75 Å². The molecule has 1 aromatic carbocycles. The van der Waals surface area contributed by atoms with Gasteiger partial charge in [-0.25, -0.2) is 9.97 Å². The van der Waals surface area contributed by atoms with Crippen LogP contribution >= 0.6 is 11.8 Å². The quantitative estimate of drug-likeness (QED) is 0.570. The van der Waals surface area contributed by atoms with Gasteiger partial charge in [-0.3, -0.25) is 4.98 Å². The molecule has 4 nitrogen and oxygen atoms in total. The summed E-state index contributed by atoms with van der Waals surface area (Å²) < 4.78 is 0. The number of H-pyrrole nitrogens is 1. The molecule has 0 saturated carbocycles. The maximum absolute atomic E-state index is 4.68. The molecule has 112 valence electrons. The van der Waals surface area contributed by atoms with E-state index in [9.17, 15) is 0 Å². The molecule has 0 aliphatic rings. The highest BCUT2D eigenvalue weighted by atomic mass is 32.2. The van der Waals surface area contributed by atoms with Crippen molar-refractivity contribution >= 4 is 22.8 Å². The van der Waals surface area contributed by atoms with Gasteiger partial charge < -0.3 is 4.98 Å². The fraction of sp³-hybridized carbons (Fsp3) is 0.0556. The molecule has 0 unspecified atom stereocenters. The number of aromatic amines is 1. The van der Waals surface area contributed by atoms with Crippen LogP contribution in [0.4, 0.5) is 0 Å². The van der Waals surface area contributed by atoms with E-state index < -0.39 is 0 Å². The molecular formula is C18H14N4S. The van der Waals surface area contributed by atoms with Crippen LogP contribution in [0.1, 0.15) is 5.56 Å². The van der Waals surface area contributed by atoms with Crippen molar-refractivity contribution in [1.29, 1.82) is 0 Å². The van der Waals surface area contributed by atoms with E-state index in [1.807, 2.05) is 48.8 Å². The Morgan fingerprint density at radius 1 is 0.957 bits per heavy atom. The first-order chi connectivity index (χ1) is 11.4. The summed E-state index contributed by atoms with van der Waals surface area (Å²) in [5.74, 6) is 1.69. The number of rotatable bonds is 4. The summed E-state index contributed by atoms with van der Waals surface area (Å²) in [6, 6.07) is 16.1. The van der Waals surface area contributed by atoms with E-state index in [0.717, 1.165) is 33.2 Å². The standard InChI is InChI=1S/C18H14N4S/c1-2-8-16-15(7-1)21-17(22-16)14-6-4-10-20-18(14)23-12-13-5-3-9-19-11-13/h1-11H,12H2,(H,21,22). The van der Waals surface area contributed by atoms with E-state index in [-0.39, 0.29) is 0 Å². The molecule has 4 aromatic rings. The number of pyridine rings is 2. The topological polar surface area (TPSA) is 54.5 Å². The third-order valence-electron chi connectivity index (χ3n) is 3.51. The third-order valence-corrected chi connectivity index (χ3v) is 4.59. The van der Waals surface area contributed by atoms with Crippen LogP contribution in [0.5, 0.6) is 0 Å². The maximum Gasteiger partial charge on any atom is 0.141 e. The Kier molecular flexibility index (Phi) is 3.78. The summed E-state index contributed by atoms with van der Waals surface area (Å²) >= 11 is 1.69. The Morgan fingerprint density at radius 3 is 2.74 bits per heavy atom. The van der Waals surface area contributed by atoms with Crippen LogP contribution in [0.25, 0.3) is 22.4 Å². The lowest BCUT2D eigenvalue weighted by molar-refractivity contribution is 1.11. The largest absolute Gasteiger partial charge is 0.338 e. The molecule has 0 radical (unpaired) electrons. The number of aromatic nitrogens is 4. The van der Waals surface area contributed by atoms with E-state index >= 15 is 0 Å². The number of hydrogen-bond donors (Lipinski definition) is 1. The zero-order valence-corrected chi connectivity index (χ0v) is 13.1. The van der Waals surface area contributed by atoms with Crippen LogP contribution < -0.4 is 0 Å². The molecule has 3 heterocycles. The molecule has 0 atom stereocenters.